The van der Waals surface area contributed by atoms with Crippen LogP contribution in [0.2, 0.25) is 0 Å². The van der Waals surface area contributed by atoms with Crippen LogP contribution in [-0.4, -0.2) is 29.1 Å². The minimum Gasteiger partial charge on any atom is -0.489 e. The zero-order valence-electron chi connectivity index (χ0n) is 18.5. The Bertz CT molecular complexity index is 1670. The predicted molar refractivity (Wildman–Crippen MR) is 130 cm³/mol. The lowest BCUT2D eigenvalue weighted by atomic mass is 10.1. The number of ether oxygens (including phenoxy) is 1. The average Bonchev–Trinajstić information content (AvgIpc) is 3.42. The van der Waals surface area contributed by atoms with Crippen LogP contribution in [0.5, 0.6) is 5.75 Å². The molecule has 180 valence electrons. The highest BCUT2D eigenvalue weighted by Crippen LogP contribution is 2.34. The Morgan fingerprint density at radius 2 is 1.69 bits per heavy atom. The number of carbonyl (C=O) groups excluding carboxylic acids is 2. The third-order valence-corrected chi connectivity index (χ3v) is 7.33. The molecule has 2 amide bonds. The SMILES string of the molecule is O=C1C=C(c2cn(S(=O)(=O)c3ccc([N+](=O)[O-])cc3)c3ccc(OCc4ccccc4)cc23)C(=O)N1. The highest BCUT2D eigenvalue weighted by Gasteiger charge is 2.29. The number of nitro benzene ring substituents is 1. The summed E-state index contributed by atoms with van der Waals surface area (Å²) >= 11 is 0. The largest absolute Gasteiger partial charge is 0.489 e. The van der Waals surface area contributed by atoms with Crippen molar-refractivity contribution in [2.45, 2.75) is 11.5 Å². The quantitative estimate of drug-likeness (QED) is 0.232. The number of nitrogens with one attached hydrogen (secondary N) is 1. The average molecular weight is 503 g/mol. The van der Waals surface area contributed by atoms with E-state index in [-0.39, 0.29) is 33.8 Å². The van der Waals surface area contributed by atoms with Gasteiger partial charge in [-0.15, -0.1) is 0 Å². The molecular weight excluding hydrogens is 486 g/mol. The number of benzene rings is 3. The van der Waals surface area contributed by atoms with Gasteiger partial charge in [0.15, 0.2) is 0 Å². The number of fused-ring (bicyclic) bond motifs is 1. The van der Waals surface area contributed by atoms with E-state index in [1.807, 2.05) is 30.3 Å². The molecule has 0 saturated heterocycles. The third-order valence-electron chi connectivity index (χ3n) is 5.64. The Kier molecular flexibility index (Phi) is 5.61. The van der Waals surface area contributed by atoms with Gasteiger partial charge in [0.1, 0.15) is 12.4 Å². The molecule has 5 rings (SSSR count). The summed E-state index contributed by atoms with van der Waals surface area (Å²) in [6.07, 6.45) is 2.36. The fourth-order valence-corrected chi connectivity index (χ4v) is 5.26. The molecular formula is C25H17N3O7S. The summed E-state index contributed by atoms with van der Waals surface area (Å²) in [7, 11) is -4.21. The first-order valence-corrected chi connectivity index (χ1v) is 12.1. The van der Waals surface area contributed by atoms with E-state index in [2.05, 4.69) is 5.32 Å². The van der Waals surface area contributed by atoms with Gasteiger partial charge in [-0.2, -0.15) is 0 Å². The minimum absolute atomic E-state index is 0.0165. The molecule has 4 aromatic rings. The summed E-state index contributed by atoms with van der Waals surface area (Å²) in [6, 6.07) is 18.7. The molecule has 0 spiro atoms. The van der Waals surface area contributed by atoms with E-state index in [1.165, 1.54) is 12.3 Å². The van der Waals surface area contributed by atoms with Crippen molar-refractivity contribution < 1.29 is 27.7 Å². The lowest BCUT2D eigenvalue weighted by Gasteiger charge is -2.09. The molecule has 1 N–H and O–H groups in total. The smallest absolute Gasteiger partial charge is 0.269 e. The number of nitrogens with zero attached hydrogens (tertiary/aromatic N) is 2. The van der Waals surface area contributed by atoms with Crippen LogP contribution in [0.4, 0.5) is 5.69 Å². The first kappa shape index (κ1) is 23.0. The van der Waals surface area contributed by atoms with Crippen molar-refractivity contribution in [2.75, 3.05) is 0 Å². The molecule has 3 aromatic carbocycles. The standard InChI is InChI=1S/C25H17N3O7S/c29-24-13-21(25(30)26-24)22-14-27(36(33,34)19-9-6-17(7-10-19)28(31)32)23-11-8-18(12-20(22)23)35-15-16-4-2-1-3-5-16/h1-14H,15H2,(H,26,29,30). The first-order chi connectivity index (χ1) is 17.2. The highest BCUT2D eigenvalue weighted by molar-refractivity contribution is 7.90. The topological polar surface area (TPSA) is 138 Å². The van der Waals surface area contributed by atoms with Gasteiger partial charge in [-0.1, -0.05) is 30.3 Å². The number of hydrogen-bond acceptors (Lipinski definition) is 7. The predicted octanol–water partition coefficient (Wildman–Crippen LogP) is 3.41. The number of imide groups is 1. The van der Waals surface area contributed by atoms with Gasteiger partial charge in [-0.05, 0) is 35.9 Å². The van der Waals surface area contributed by atoms with E-state index in [0.29, 0.717) is 11.1 Å². The molecule has 11 heteroatoms. The number of rotatable bonds is 7. The van der Waals surface area contributed by atoms with Crippen molar-refractivity contribution in [3.8, 4) is 5.75 Å². The molecule has 0 saturated carbocycles. The highest BCUT2D eigenvalue weighted by atomic mass is 32.2. The molecule has 0 fully saturated rings. The van der Waals surface area contributed by atoms with Crippen molar-refractivity contribution in [1.29, 1.82) is 0 Å². The normalized spacial score (nSPS) is 13.5. The Morgan fingerprint density at radius 1 is 0.972 bits per heavy atom. The Balaban J connectivity index is 1.62. The summed E-state index contributed by atoms with van der Waals surface area (Å²) in [6.45, 7) is 0.269. The second-order valence-electron chi connectivity index (χ2n) is 7.92. The van der Waals surface area contributed by atoms with Gasteiger partial charge in [0.25, 0.3) is 27.5 Å². The van der Waals surface area contributed by atoms with Gasteiger partial charge < -0.3 is 4.74 Å². The number of amides is 2. The van der Waals surface area contributed by atoms with Gasteiger partial charge in [0, 0.05) is 35.4 Å². The zero-order valence-corrected chi connectivity index (χ0v) is 19.3. The van der Waals surface area contributed by atoms with Crippen molar-refractivity contribution in [1.82, 2.24) is 9.29 Å². The fraction of sp³-hybridized carbons (Fsp3) is 0.0400. The maximum atomic E-state index is 13.5. The second-order valence-corrected chi connectivity index (χ2v) is 9.74. The van der Waals surface area contributed by atoms with E-state index >= 15 is 0 Å². The fourth-order valence-electron chi connectivity index (χ4n) is 3.89. The monoisotopic (exact) mass is 503 g/mol. The van der Waals surface area contributed by atoms with Crippen LogP contribution in [0.15, 0.2) is 90.0 Å². The molecule has 0 radical (unpaired) electrons. The molecule has 0 atom stereocenters. The Morgan fingerprint density at radius 3 is 2.33 bits per heavy atom. The zero-order chi connectivity index (χ0) is 25.4. The third kappa shape index (κ3) is 4.12. The number of non-ortho nitro benzene ring substituents is 1. The van der Waals surface area contributed by atoms with Crippen LogP contribution in [0.3, 0.4) is 0 Å². The van der Waals surface area contributed by atoms with Gasteiger partial charge in [0.05, 0.1) is 20.9 Å². The maximum Gasteiger partial charge on any atom is 0.269 e. The molecule has 10 nitrogen and oxygen atoms in total. The maximum absolute atomic E-state index is 13.5. The number of aromatic nitrogens is 1. The van der Waals surface area contributed by atoms with Crippen LogP contribution < -0.4 is 10.1 Å². The number of nitro groups is 1. The van der Waals surface area contributed by atoms with E-state index < -0.39 is 26.8 Å². The molecule has 1 aliphatic heterocycles. The van der Waals surface area contributed by atoms with Crippen LogP contribution in [0, 0.1) is 10.1 Å². The van der Waals surface area contributed by atoms with E-state index in [1.54, 1.807) is 12.1 Å². The van der Waals surface area contributed by atoms with E-state index in [0.717, 1.165) is 39.9 Å². The lowest BCUT2D eigenvalue weighted by Crippen LogP contribution is -2.21. The Hall–Kier alpha value is -4.77. The summed E-state index contributed by atoms with van der Waals surface area (Å²) < 4.78 is 33.8. The molecule has 36 heavy (non-hydrogen) atoms. The van der Waals surface area contributed by atoms with Crippen molar-refractivity contribution in [3.63, 3.8) is 0 Å². The van der Waals surface area contributed by atoms with Gasteiger partial charge in [-0.3, -0.25) is 25.0 Å². The van der Waals surface area contributed by atoms with Gasteiger partial charge in [0.2, 0.25) is 0 Å². The van der Waals surface area contributed by atoms with Crippen LogP contribution >= 0.6 is 0 Å². The summed E-state index contributed by atoms with van der Waals surface area (Å²) in [5.41, 5.74) is 1.16. The van der Waals surface area contributed by atoms with Crippen molar-refractivity contribution in [2.24, 2.45) is 0 Å². The molecule has 0 bridgehead atoms. The van der Waals surface area contributed by atoms with Crippen molar-refractivity contribution in [3.05, 3.63) is 106 Å². The van der Waals surface area contributed by atoms with Crippen molar-refractivity contribution >= 4 is 44.0 Å². The first-order valence-electron chi connectivity index (χ1n) is 10.6. The lowest BCUT2D eigenvalue weighted by molar-refractivity contribution is -0.384. The molecule has 2 heterocycles. The Labute approximate surface area is 204 Å². The van der Waals surface area contributed by atoms with E-state index in [9.17, 15) is 28.1 Å². The number of hydrogen-bond donors (Lipinski definition) is 1. The van der Waals surface area contributed by atoms with Gasteiger partial charge in [-0.25, -0.2) is 12.4 Å². The van der Waals surface area contributed by atoms with Crippen LogP contribution in [0.1, 0.15) is 11.1 Å². The van der Waals surface area contributed by atoms with Crippen LogP contribution in [-0.2, 0) is 26.2 Å². The molecule has 0 aliphatic carbocycles. The second kappa shape index (κ2) is 8.78. The molecule has 1 aliphatic rings. The summed E-state index contributed by atoms with van der Waals surface area (Å²) in [4.78, 5) is 34.4. The summed E-state index contributed by atoms with van der Waals surface area (Å²) in [5, 5.41) is 13.5. The minimum atomic E-state index is -4.21. The number of carbonyl (C=O) groups is 2. The van der Waals surface area contributed by atoms with E-state index in [4.69, 9.17) is 4.74 Å². The molecule has 0 unspecified atom stereocenters. The van der Waals surface area contributed by atoms with Gasteiger partial charge >= 0.3 is 0 Å². The summed E-state index contributed by atoms with van der Waals surface area (Å²) in [5.74, 6) is -0.823. The molecule has 1 aromatic heterocycles. The van der Waals surface area contributed by atoms with Crippen LogP contribution in [0.25, 0.3) is 16.5 Å².